The van der Waals surface area contributed by atoms with Gasteiger partial charge in [0.2, 0.25) is 0 Å². The fraction of sp³-hybridized carbons (Fsp3) is 1.00. The van der Waals surface area contributed by atoms with Gasteiger partial charge in [0, 0.05) is 13.2 Å². The fourth-order valence-electron chi connectivity index (χ4n) is 3.53. The summed E-state index contributed by atoms with van der Waals surface area (Å²) in [6.07, 6.45) is 7.27. The Morgan fingerprint density at radius 2 is 2.00 bits per heavy atom. The quantitative estimate of drug-likeness (QED) is 0.769. The van der Waals surface area contributed by atoms with Gasteiger partial charge in [-0.1, -0.05) is 40.0 Å². The molecule has 17 heavy (non-hydrogen) atoms. The van der Waals surface area contributed by atoms with E-state index >= 15 is 0 Å². The van der Waals surface area contributed by atoms with Crippen LogP contribution in [0.15, 0.2) is 0 Å². The Bertz CT molecular complexity index is 205. The number of ether oxygens (including phenoxy) is 1. The molecular formula is C15H31NO. The molecule has 0 spiro atoms. The summed E-state index contributed by atoms with van der Waals surface area (Å²) < 4.78 is 5.72. The summed E-state index contributed by atoms with van der Waals surface area (Å²) >= 11 is 0. The zero-order valence-electron chi connectivity index (χ0n) is 12.3. The van der Waals surface area contributed by atoms with Crippen LogP contribution >= 0.6 is 0 Å². The summed E-state index contributed by atoms with van der Waals surface area (Å²) in [4.78, 5) is 0. The van der Waals surface area contributed by atoms with E-state index in [0.29, 0.717) is 18.1 Å². The highest BCUT2D eigenvalue weighted by atomic mass is 16.5. The van der Waals surface area contributed by atoms with Gasteiger partial charge in [-0.15, -0.1) is 0 Å². The Kier molecular flexibility index (Phi) is 6.50. The second kappa shape index (κ2) is 7.38. The largest absolute Gasteiger partial charge is 0.380 e. The predicted octanol–water partition coefficient (Wildman–Crippen LogP) is 3.46. The molecule has 4 unspecified atom stereocenters. The van der Waals surface area contributed by atoms with Gasteiger partial charge in [-0.2, -0.15) is 0 Å². The second-order valence-corrected chi connectivity index (χ2v) is 5.96. The summed E-state index contributed by atoms with van der Waals surface area (Å²) in [6.45, 7) is 6.86. The van der Waals surface area contributed by atoms with Gasteiger partial charge in [-0.3, -0.25) is 0 Å². The number of methoxy groups -OCH3 is 1. The average Bonchev–Trinajstić information content (AvgIpc) is 2.35. The Morgan fingerprint density at radius 1 is 1.29 bits per heavy atom. The van der Waals surface area contributed by atoms with Gasteiger partial charge in [-0.05, 0) is 37.6 Å². The van der Waals surface area contributed by atoms with Crippen molar-refractivity contribution in [3.05, 3.63) is 0 Å². The zero-order valence-corrected chi connectivity index (χ0v) is 12.3. The number of rotatable bonds is 6. The van der Waals surface area contributed by atoms with Crippen LogP contribution < -0.4 is 5.32 Å². The lowest BCUT2D eigenvalue weighted by Gasteiger charge is -2.39. The summed E-state index contributed by atoms with van der Waals surface area (Å²) in [5.41, 5.74) is 0. The first kappa shape index (κ1) is 15.0. The number of hydrogen-bond donors (Lipinski definition) is 1. The standard InChI is InChI=1S/C15H31NO/c1-6-12-8-7-9-13(10-12)14(16-4)15(17-5)11(2)3/h11-16H,6-10H2,1-5H3. The molecule has 0 heterocycles. The third kappa shape index (κ3) is 3.96. The van der Waals surface area contributed by atoms with Crippen LogP contribution in [0.5, 0.6) is 0 Å². The van der Waals surface area contributed by atoms with Gasteiger partial charge in [-0.25, -0.2) is 0 Å². The highest BCUT2D eigenvalue weighted by Gasteiger charge is 2.33. The molecular weight excluding hydrogens is 210 g/mol. The molecule has 1 fully saturated rings. The Morgan fingerprint density at radius 3 is 2.47 bits per heavy atom. The van der Waals surface area contributed by atoms with E-state index in [4.69, 9.17) is 4.74 Å². The van der Waals surface area contributed by atoms with Crippen molar-refractivity contribution in [1.82, 2.24) is 5.32 Å². The molecule has 0 aromatic carbocycles. The third-order valence-electron chi connectivity index (χ3n) is 4.53. The number of likely N-dealkylation sites (N-methyl/N-ethyl adjacent to an activating group) is 1. The summed E-state index contributed by atoms with van der Waals surface area (Å²) in [5.74, 6) is 2.32. The smallest absolute Gasteiger partial charge is 0.0749 e. The lowest BCUT2D eigenvalue weighted by Crippen LogP contribution is -2.48. The van der Waals surface area contributed by atoms with Crippen LogP contribution in [0, 0.1) is 17.8 Å². The van der Waals surface area contributed by atoms with Crippen LogP contribution in [-0.4, -0.2) is 26.3 Å². The topological polar surface area (TPSA) is 21.3 Å². The maximum Gasteiger partial charge on any atom is 0.0749 e. The van der Waals surface area contributed by atoms with Gasteiger partial charge in [0.25, 0.3) is 0 Å². The molecule has 1 N–H and O–H groups in total. The minimum absolute atomic E-state index is 0.348. The van der Waals surface area contributed by atoms with Crippen LogP contribution in [0.1, 0.15) is 52.9 Å². The third-order valence-corrected chi connectivity index (χ3v) is 4.53. The molecule has 0 radical (unpaired) electrons. The van der Waals surface area contributed by atoms with Crippen molar-refractivity contribution in [2.75, 3.05) is 14.2 Å². The molecule has 0 aromatic rings. The van der Waals surface area contributed by atoms with Gasteiger partial charge in [0.1, 0.15) is 0 Å². The predicted molar refractivity (Wildman–Crippen MR) is 74.2 cm³/mol. The molecule has 1 saturated carbocycles. The number of hydrogen-bond acceptors (Lipinski definition) is 2. The first-order valence-corrected chi connectivity index (χ1v) is 7.34. The molecule has 102 valence electrons. The van der Waals surface area contributed by atoms with E-state index in [1.165, 1.54) is 32.1 Å². The number of nitrogens with one attached hydrogen (secondary N) is 1. The molecule has 0 aromatic heterocycles. The van der Waals surface area contributed by atoms with E-state index in [1.807, 2.05) is 7.11 Å². The van der Waals surface area contributed by atoms with Gasteiger partial charge in [0.05, 0.1) is 6.10 Å². The Hall–Kier alpha value is -0.0800. The van der Waals surface area contributed by atoms with Crippen molar-refractivity contribution in [3.8, 4) is 0 Å². The first-order chi connectivity index (χ1) is 8.13. The highest BCUT2D eigenvalue weighted by Crippen LogP contribution is 2.35. The normalized spacial score (nSPS) is 29.3. The molecule has 2 nitrogen and oxygen atoms in total. The van der Waals surface area contributed by atoms with Crippen LogP contribution in [-0.2, 0) is 4.74 Å². The molecule has 1 aliphatic carbocycles. The second-order valence-electron chi connectivity index (χ2n) is 5.96. The van der Waals surface area contributed by atoms with E-state index in [0.717, 1.165) is 11.8 Å². The summed E-state index contributed by atoms with van der Waals surface area (Å²) in [5, 5.41) is 3.52. The maximum atomic E-state index is 5.72. The SMILES string of the molecule is CCC1CCCC(C(NC)C(OC)C(C)C)C1. The van der Waals surface area contributed by atoms with Crippen molar-refractivity contribution < 1.29 is 4.74 Å². The summed E-state index contributed by atoms with van der Waals surface area (Å²) in [7, 11) is 3.95. The molecule has 4 atom stereocenters. The first-order valence-electron chi connectivity index (χ1n) is 7.34. The van der Waals surface area contributed by atoms with Crippen LogP contribution in [0.3, 0.4) is 0 Å². The fourth-order valence-corrected chi connectivity index (χ4v) is 3.53. The van der Waals surface area contributed by atoms with E-state index in [-0.39, 0.29) is 0 Å². The van der Waals surface area contributed by atoms with Crippen LogP contribution in [0.25, 0.3) is 0 Å². The molecule has 1 rings (SSSR count). The molecule has 0 aliphatic heterocycles. The van der Waals surface area contributed by atoms with E-state index < -0.39 is 0 Å². The van der Waals surface area contributed by atoms with Gasteiger partial charge < -0.3 is 10.1 Å². The molecule has 0 bridgehead atoms. The zero-order chi connectivity index (χ0) is 12.8. The molecule has 0 saturated heterocycles. The van der Waals surface area contributed by atoms with Crippen LogP contribution in [0.2, 0.25) is 0 Å². The van der Waals surface area contributed by atoms with Crippen molar-refractivity contribution >= 4 is 0 Å². The summed E-state index contributed by atoms with van der Waals surface area (Å²) in [6, 6.07) is 0.523. The highest BCUT2D eigenvalue weighted by molar-refractivity contribution is 4.88. The van der Waals surface area contributed by atoms with E-state index in [9.17, 15) is 0 Å². The van der Waals surface area contributed by atoms with Gasteiger partial charge in [0.15, 0.2) is 0 Å². The maximum absolute atomic E-state index is 5.72. The molecule has 0 amide bonds. The van der Waals surface area contributed by atoms with Gasteiger partial charge >= 0.3 is 0 Å². The Balaban J connectivity index is 2.65. The van der Waals surface area contributed by atoms with E-state index in [2.05, 4.69) is 33.1 Å². The minimum Gasteiger partial charge on any atom is -0.380 e. The van der Waals surface area contributed by atoms with Crippen molar-refractivity contribution in [3.63, 3.8) is 0 Å². The monoisotopic (exact) mass is 241 g/mol. The van der Waals surface area contributed by atoms with Crippen LogP contribution in [0.4, 0.5) is 0 Å². The minimum atomic E-state index is 0.348. The molecule has 1 aliphatic rings. The van der Waals surface area contributed by atoms with Crippen molar-refractivity contribution in [1.29, 1.82) is 0 Å². The average molecular weight is 241 g/mol. The molecule has 2 heteroatoms. The lowest BCUT2D eigenvalue weighted by molar-refractivity contribution is 0.00651. The Labute approximate surface area is 108 Å². The lowest BCUT2D eigenvalue weighted by atomic mass is 9.74. The van der Waals surface area contributed by atoms with Crippen molar-refractivity contribution in [2.45, 2.75) is 65.0 Å². The van der Waals surface area contributed by atoms with E-state index in [1.54, 1.807) is 0 Å². The van der Waals surface area contributed by atoms with Crippen molar-refractivity contribution in [2.24, 2.45) is 17.8 Å².